The highest BCUT2D eigenvalue weighted by Gasteiger charge is 2.30. The Kier molecular flexibility index (Phi) is 6.74. The maximum atomic E-state index is 13.4. The first-order valence-electron chi connectivity index (χ1n) is 10.7. The Morgan fingerprint density at radius 1 is 1.09 bits per heavy atom. The van der Waals surface area contributed by atoms with Crippen molar-refractivity contribution in [2.75, 3.05) is 17.3 Å². The van der Waals surface area contributed by atoms with Gasteiger partial charge in [0, 0.05) is 34.3 Å². The van der Waals surface area contributed by atoms with E-state index >= 15 is 0 Å². The van der Waals surface area contributed by atoms with Gasteiger partial charge in [-0.1, -0.05) is 54.1 Å². The zero-order chi connectivity index (χ0) is 24.4. The van der Waals surface area contributed by atoms with Gasteiger partial charge in [0.15, 0.2) is 5.11 Å². The molecule has 4 N–H and O–H groups in total. The van der Waals surface area contributed by atoms with Gasteiger partial charge in [0.05, 0.1) is 17.1 Å². The number of carbonyl (C=O) groups excluding carboxylic acids is 1. The summed E-state index contributed by atoms with van der Waals surface area (Å²) in [6.07, 6.45) is -0.920. The number of likely N-dealkylation sites (N-methyl/N-ethyl adjacent to an activating group) is 1. The number of nitrogens with one attached hydrogen (secondary N) is 4. The number of hydrazine groups is 1. The number of amides is 1. The van der Waals surface area contributed by atoms with E-state index in [9.17, 15) is 4.79 Å². The molecule has 1 unspecified atom stereocenters. The van der Waals surface area contributed by atoms with E-state index in [1.807, 2.05) is 72.1 Å². The molecule has 0 saturated heterocycles. The highest BCUT2D eigenvalue weighted by atomic mass is 35.5. The molecule has 10 heteroatoms. The van der Waals surface area contributed by atoms with Crippen molar-refractivity contribution >= 4 is 69.6 Å². The lowest BCUT2D eigenvalue weighted by Gasteiger charge is -2.22. The molecule has 0 aliphatic carbocycles. The predicted molar refractivity (Wildman–Crippen MR) is 148 cm³/mol. The minimum atomic E-state index is -0.920. The molecule has 35 heavy (non-hydrogen) atoms. The first-order chi connectivity index (χ1) is 17.0. The van der Waals surface area contributed by atoms with Gasteiger partial charge in [-0.05, 0) is 60.1 Å². The van der Waals surface area contributed by atoms with Crippen LogP contribution < -0.4 is 25.8 Å². The molecule has 2 heterocycles. The number of anilines is 2. The van der Waals surface area contributed by atoms with Crippen molar-refractivity contribution in [1.29, 1.82) is 0 Å². The van der Waals surface area contributed by atoms with E-state index in [-0.39, 0.29) is 5.91 Å². The van der Waals surface area contributed by atoms with Crippen LogP contribution >= 0.6 is 35.8 Å². The second kappa shape index (κ2) is 10.1. The van der Waals surface area contributed by atoms with Crippen LogP contribution in [-0.4, -0.2) is 29.9 Å². The Bertz CT molecular complexity index is 1340. The normalized spacial score (nSPS) is 17.0. The van der Waals surface area contributed by atoms with Crippen molar-refractivity contribution in [3.63, 3.8) is 0 Å². The monoisotopic (exact) mass is 520 g/mol. The number of aliphatic imine (C=N–C) groups is 1. The fourth-order valence-corrected chi connectivity index (χ4v) is 4.78. The number of benzodiazepines with no additional fused rings is 1. The van der Waals surface area contributed by atoms with Gasteiger partial charge in [-0.2, -0.15) is 4.83 Å². The third kappa shape index (κ3) is 5.03. The molecule has 0 radical (unpaired) electrons. The molecule has 0 spiro atoms. The first kappa shape index (κ1) is 23.4. The Hall–Kier alpha value is -3.37. The number of benzene rings is 3. The van der Waals surface area contributed by atoms with Gasteiger partial charge in [0.1, 0.15) is 0 Å². The summed E-state index contributed by atoms with van der Waals surface area (Å²) in [5.41, 5.74) is 8.96. The molecule has 1 atom stereocenters. The Labute approximate surface area is 217 Å². The lowest BCUT2D eigenvalue weighted by molar-refractivity contribution is -0.119. The van der Waals surface area contributed by atoms with Crippen LogP contribution in [0, 0.1) is 0 Å². The second-order valence-corrected chi connectivity index (χ2v) is 9.38. The molecule has 0 bridgehead atoms. The van der Waals surface area contributed by atoms with Gasteiger partial charge < -0.3 is 21.0 Å². The topological polar surface area (TPSA) is 80.8 Å². The van der Waals surface area contributed by atoms with Gasteiger partial charge >= 0.3 is 0 Å². The van der Waals surface area contributed by atoms with Gasteiger partial charge in [-0.25, -0.2) is 4.99 Å². The zero-order valence-electron chi connectivity index (χ0n) is 18.6. The van der Waals surface area contributed by atoms with Crippen molar-refractivity contribution in [1.82, 2.24) is 15.6 Å². The average Bonchev–Trinajstić information content (AvgIpc) is 3.39. The fraction of sp³-hybridized carbons (Fsp3) is 0.0800. The maximum Gasteiger partial charge on any atom is 0.272 e. The molecule has 0 aromatic heterocycles. The quantitative estimate of drug-likeness (QED) is 0.297. The average molecular weight is 521 g/mol. The Morgan fingerprint density at radius 2 is 1.86 bits per heavy atom. The molecular weight excluding hydrogens is 500 g/mol. The van der Waals surface area contributed by atoms with E-state index in [1.54, 1.807) is 18.0 Å². The number of thiocarbonyl (C=S) groups is 1. The van der Waals surface area contributed by atoms with Crippen LogP contribution in [0.25, 0.3) is 5.70 Å². The Balaban J connectivity index is 1.41. The van der Waals surface area contributed by atoms with Gasteiger partial charge in [0.25, 0.3) is 5.91 Å². The third-order valence-corrected chi connectivity index (χ3v) is 6.62. The molecule has 2 aliphatic rings. The summed E-state index contributed by atoms with van der Waals surface area (Å²) in [5, 5.41) is 9.08. The van der Waals surface area contributed by atoms with E-state index in [4.69, 9.17) is 28.8 Å². The first-order valence-corrected chi connectivity index (χ1v) is 12.4. The van der Waals surface area contributed by atoms with Crippen LogP contribution in [0.4, 0.5) is 11.4 Å². The molecule has 176 valence electrons. The summed E-state index contributed by atoms with van der Waals surface area (Å²) in [7, 11) is 1.72. The third-order valence-electron chi connectivity index (χ3n) is 5.59. The van der Waals surface area contributed by atoms with Crippen LogP contribution in [-0.2, 0) is 4.79 Å². The van der Waals surface area contributed by atoms with E-state index in [0.29, 0.717) is 15.8 Å². The van der Waals surface area contributed by atoms with E-state index in [2.05, 4.69) is 20.9 Å². The highest BCUT2D eigenvalue weighted by Crippen LogP contribution is 2.30. The van der Waals surface area contributed by atoms with Gasteiger partial charge in [-0.15, -0.1) is 0 Å². The zero-order valence-corrected chi connectivity index (χ0v) is 21.0. The molecule has 3 aromatic rings. The van der Waals surface area contributed by atoms with Crippen LogP contribution in [0.5, 0.6) is 0 Å². The number of hydrogen-bond acceptors (Lipinski definition) is 6. The smallest absolute Gasteiger partial charge is 0.272 e. The van der Waals surface area contributed by atoms with E-state index in [0.717, 1.165) is 33.8 Å². The number of halogens is 1. The van der Waals surface area contributed by atoms with Crippen molar-refractivity contribution in [2.45, 2.75) is 6.17 Å². The lowest BCUT2D eigenvalue weighted by Crippen LogP contribution is -2.47. The summed E-state index contributed by atoms with van der Waals surface area (Å²) >= 11 is 13.3. The Morgan fingerprint density at radius 3 is 2.57 bits per heavy atom. The predicted octanol–water partition coefficient (Wildman–Crippen LogP) is 4.52. The van der Waals surface area contributed by atoms with Crippen LogP contribution in [0.3, 0.4) is 0 Å². The van der Waals surface area contributed by atoms with Gasteiger partial charge in [0.2, 0.25) is 6.17 Å². The lowest BCUT2D eigenvalue weighted by atomic mass is 10.0. The fourth-order valence-electron chi connectivity index (χ4n) is 3.83. The molecule has 2 aliphatic heterocycles. The number of carbonyl (C=O) groups is 1. The molecule has 7 nitrogen and oxygen atoms in total. The number of fused-ring (bicyclic) bond motifs is 1. The summed E-state index contributed by atoms with van der Waals surface area (Å²) < 4.78 is 0. The summed E-state index contributed by atoms with van der Waals surface area (Å²) in [5.74, 6) is -0.233. The highest BCUT2D eigenvalue weighted by molar-refractivity contribution is 8.00. The second-order valence-electron chi connectivity index (χ2n) is 7.86. The minimum absolute atomic E-state index is 0.233. The molecule has 0 fully saturated rings. The van der Waals surface area contributed by atoms with Crippen molar-refractivity contribution in [3.8, 4) is 0 Å². The standard InChI is InChI=1S/C25H21ClN6OS2/c1-32-21-12-9-17(26)13-19(21)22(16-5-3-2-4-6-16)28-23(24(32)33)29-25(34)27-18-10-7-15(8-11-18)20-14-35-31-30-20/h2-14,23,30-31H,1H3,(H2,27,29,34). The van der Waals surface area contributed by atoms with Crippen LogP contribution in [0.2, 0.25) is 5.02 Å². The molecule has 1 amide bonds. The van der Waals surface area contributed by atoms with Crippen LogP contribution in [0.1, 0.15) is 16.7 Å². The van der Waals surface area contributed by atoms with Crippen LogP contribution in [0.15, 0.2) is 83.2 Å². The molecule has 5 rings (SSSR count). The molecule has 3 aromatic carbocycles. The van der Waals surface area contributed by atoms with Crippen molar-refractivity contribution in [3.05, 3.63) is 99.9 Å². The summed E-state index contributed by atoms with van der Waals surface area (Å²) in [4.78, 5) is 22.7. The number of hydrogen-bond donors (Lipinski definition) is 4. The molecular formula is C25H21ClN6OS2. The van der Waals surface area contributed by atoms with Crippen molar-refractivity contribution < 1.29 is 4.79 Å². The number of rotatable bonds is 4. The van der Waals surface area contributed by atoms with E-state index in [1.165, 1.54) is 11.9 Å². The van der Waals surface area contributed by atoms with Gasteiger partial charge in [-0.3, -0.25) is 4.79 Å². The molecule has 0 saturated carbocycles. The SMILES string of the molecule is CN1C(=O)C(NC(=S)Nc2ccc(C3=CSNN3)cc2)N=C(c2ccccc2)c2cc(Cl)ccc21. The maximum absolute atomic E-state index is 13.4. The number of nitrogens with zero attached hydrogens (tertiary/aromatic N) is 2. The summed E-state index contributed by atoms with van der Waals surface area (Å²) in [6.45, 7) is 0. The van der Waals surface area contributed by atoms with E-state index < -0.39 is 6.17 Å². The summed E-state index contributed by atoms with van der Waals surface area (Å²) in [6, 6.07) is 22.9. The van der Waals surface area contributed by atoms with Crippen molar-refractivity contribution in [2.24, 2.45) is 4.99 Å². The largest absolute Gasteiger partial charge is 0.333 e. The minimum Gasteiger partial charge on any atom is -0.333 e.